The predicted octanol–water partition coefficient (Wildman–Crippen LogP) is 3.39. The normalized spacial score (nSPS) is 19.2. The van der Waals surface area contributed by atoms with Gasteiger partial charge in [0.15, 0.2) is 6.23 Å². The van der Waals surface area contributed by atoms with E-state index in [1.54, 1.807) is 20.6 Å². The molecule has 10 heteroatoms. The fourth-order valence-electron chi connectivity index (χ4n) is 4.45. The van der Waals surface area contributed by atoms with Crippen LogP contribution in [0.5, 0.6) is 0 Å². The molecule has 3 rings (SSSR count). The highest BCUT2D eigenvalue weighted by Crippen LogP contribution is 2.30. The number of aryl methyl sites for hydroxylation is 1. The topological polar surface area (TPSA) is 108 Å². The van der Waals surface area contributed by atoms with Gasteiger partial charge in [-0.1, -0.05) is 32.9 Å². The average molecular weight is 529 g/mol. The molecule has 1 aromatic carbocycles. The van der Waals surface area contributed by atoms with Gasteiger partial charge in [-0.3, -0.25) is 10.1 Å². The molecule has 2 aliphatic heterocycles. The van der Waals surface area contributed by atoms with Crippen LogP contribution in [0.15, 0.2) is 29.3 Å². The molecule has 0 radical (unpaired) electrons. The zero-order chi connectivity index (χ0) is 27.9. The number of nitrogens with zero attached hydrogens (tertiary/aromatic N) is 3. The van der Waals surface area contributed by atoms with Gasteiger partial charge in [-0.15, -0.1) is 0 Å². The zero-order valence-corrected chi connectivity index (χ0v) is 23.8. The number of ether oxygens (including phenoxy) is 2. The number of amides is 3. The van der Waals surface area contributed by atoms with Gasteiger partial charge >= 0.3 is 6.03 Å². The molecular weight excluding hydrogens is 484 g/mol. The summed E-state index contributed by atoms with van der Waals surface area (Å²) in [6.45, 7) is 12.2. The lowest BCUT2D eigenvalue weighted by Crippen LogP contribution is -2.53. The number of carbonyl (C=O) groups is 2. The van der Waals surface area contributed by atoms with Crippen LogP contribution in [-0.4, -0.2) is 87.0 Å². The first-order chi connectivity index (χ1) is 18.0. The van der Waals surface area contributed by atoms with Crippen molar-refractivity contribution in [1.29, 1.82) is 0 Å². The minimum absolute atomic E-state index is 0.000922. The molecule has 38 heavy (non-hydrogen) atoms. The Morgan fingerprint density at radius 1 is 1.18 bits per heavy atom. The summed E-state index contributed by atoms with van der Waals surface area (Å²) in [5.41, 5.74) is 2.84. The van der Waals surface area contributed by atoms with E-state index in [1.807, 2.05) is 68.7 Å². The van der Waals surface area contributed by atoms with Crippen molar-refractivity contribution >= 4 is 29.7 Å². The number of hydrogen-bond acceptors (Lipinski definition) is 7. The van der Waals surface area contributed by atoms with Gasteiger partial charge in [-0.05, 0) is 44.4 Å². The molecule has 1 fully saturated rings. The molecule has 3 N–H and O–H groups in total. The fourth-order valence-corrected chi connectivity index (χ4v) is 4.45. The summed E-state index contributed by atoms with van der Waals surface area (Å²) in [7, 11) is 3.34. The first-order valence-electron chi connectivity index (χ1n) is 13.3. The highest BCUT2D eigenvalue weighted by atomic mass is 16.5. The summed E-state index contributed by atoms with van der Waals surface area (Å²) >= 11 is 0. The van der Waals surface area contributed by atoms with E-state index in [0.29, 0.717) is 26.2 Å². The van der Waals surface area contributed by atoms with Crippen LogP contribution < -0.4 is 16.0 Å². The predicted molar refractivity (Wildman–Crippen MR) is 151 cm³/mol. The molecule has 0 saturated carbocycles. The van der Waals surface area contributed by atoms with Gasteiger partial charge in [0.2, 0.25) is 5.91 Å². The van der Waals surface area contributed by atoms with Crippen molar-refractivity contribution in [2.24, 2.45) is 10.4 Å². The summed E-state index contributed by atoms with van der Waals surface area (Å²) in [6, 6.07) is 6.20. The number of carbonyl (C=O) groups excluding carboxylic acids is 2. The van der Waals surface area contributed by atoms with Gasteiger partial charge in [0.25, 0.3) is 0 Å². The van der Waals surface area contributed by atoms with Crippen LogP contribution in [0.4, 0.5) is 10.5 Å². The number of nitrogens with one attached hydrogen (secondary N) is 3. The molecule has 1 saturated heterocycles. The Kier molecular flexibility index (Phi) is 10.3. The maximum absolute atomic E-state index is 12.7. The first-order valence-corrected chi connectivity index (χ1v) is 13.3. The highest BCUT2D eigenvalue weighted by Gasteiger charge is 2.28. The molecule has 2 heterocycles. The summed E-state index contributed by atoms with van der Waals surface area (Å²) < 4.78 is 11.5. The van der Waals surface area contributed by atoms with Gasteiger partial charge < -0.3 is 29.9 Å². The number of likely N-dealkylation sites (tertiary alicyclic amines) is 1. The third kappa shape index (κ3) is 7.78. The van der Waals surface area contributed by atoms with E-state index >= 15 is 0 Å². The van der Waals surface area contributed by atoms with Crippen LogP contribution in [0.3, 0.4) is 0 Å². The molecule has 2 unspecified atom stereocenters. The molecular formula is C28H44N6O4. The molecule has 0 spiro atoms. The smallest absolute Gasteiger partial charge is 0.317 e. The molecule has 2 atom stereocenters. The van der Waals surface area contributed by atoms with Gasteiger partial charge in [0.1, 0.15) is 6.23 Å². The van der Waals surface area contributed by atoms with Crippen LogP contribution in [0.1, 0.15) is 51.7 Å². The van der Waals surface area contributed by atoms with Crippen molar-refractivity contribution < 1.29 is 19.1 Å². The van der Waals surface area contributed by atoms with Gasteiger partial charge in [-0.25, -0.2) is 9.79 Å². The molecule has 2 aliphatic rings. The number of aliphatic imine (C=N–C) groups is 1. The Balaban J connectivity index is 1.66. The van der Waals surface area contributed by atoms with Gasteiger partial charge in [0.05, 0.1) is 24.3 Å². The second-order valence-electron chi connectivity index (χ2n) is 10.9. The number of rotatable bonds is 9. The molecule has 1 aromatic rings. The monoisotopic (exact) mass is 528 g/mol. The minimum Gasteiger partial charge on any atom is -0.365 e. The zero-order valence-electron chi connectivity index (χ0n) is 23.8. The van der Waals surface area contributed by atoms with Crippen LogP contribution in [0.25, 0.3) is 5.70 Å². The first kappa shape index (κ1) is 29.6. The van der Waals surface area contributed by atoms with Crippen molar-refractivity contribution in [2.75, 3.05) is 45.7 Å². The van der Waals surface area contributed by atoms with E-state index in [2.05, 4.69) is 16.0 Å². The SMILES string of the molecule is CCNC(=O)N1CCC(NC(CN2C=NC(c3ccc(C)cc3NC(=O)C(C)(C)C)=CC2OC)OC)CC1. The Morgan fingerprint density at radius 2 is 1.89 bits per heavy atom. The molecule has 10 nitrogen and oxygen atoms in total. The van der Waals surface area contributed by atoms with Gasteiger partial charge in [-0.2, -0.15) is 0 Å². The van der Waals surface area contributed by atoms with Crippen molar-refractivity contribution in [1.82, 2.24) is 20.4 Å². The highest BCUT2D eigenvalue weighted by molar-refractivity contribution is 5.97. The lowest BCUT2D eigenvalue weighted by Gasteiger charge is -2.37. The molecule has 0 bridgehead atoms. The number of anilines is 1. The summed E-state index contributed by atoms with van der Waals surface area (Å²) in [5.74, 6) is -0.0551. The van der Waals surface area contributed by atoms with E-state index in [9.17, 15) is 9.59 Å². The third-order valence-corrected chi connectivity index (χ3v) is 6.79. The lowest BCUT2D eigenvalue weighted by atomic mass is 9.95. The van der Waals surface area contributed by atoms with Crippen molar-refractivity contribution in [3.63, 3.8) is 0 Å². The molecule has 210 valence electrons. The molecule has 3 amide bonds. The van der Waals surface area contributed by atoms with E-state index in [1.165, 1.54) is 0 Å². The van der Waals surface area contributed by atoms with E-state index in [4.69, 9.17) is 14.5 Å². The minimum atomic E-state index is -0.516. The number of urea groups is 1. The van der Waals surface area contributed by atoms with Crippen molar-refractivity contribution in [2.45, 2.75) is 66.0 Å². The number of benzene rings is 1. The average Bonchev–Trinajstić information content (AvgIpc) is 2.88. The number of methoxy groups -OCH3 is 2. The van der Waals surface area contributed by atoms with Crippen LogP contribution >= 0.6 is 0 Å². The maximum Gasteiger partial charge on any atom is 0.317 e. The van der Waals surface area contributed by atoms with Crippen LogP contribution in [0, 0.1) is 12.3 Å². The number of piperidine rings is 1. The second-order valence-corrected chi connectivity index (χ2v) is 10.9. The standard InChI is InChI=1S/C28H44N6O4/c1-8-29-27(36)33-13-11-20(12-14-33)31-24(37-6)17-34-18-30-22(16-25(34)38-7)21-10-9-19(2)15-23(21)32-26(35)28(3,4)5/h9-10,15-16,18,20,24-25,31H,8,11-14,17H2,1-7H3,(H,29,36)(H,32,35). The molecule has 0 aliphatic carbocycles. The van der Waals surface area contributed by atoms with E-state index < -0.39 is 5.41 Å². The van der Waals surface area contributed by atoms with E-state index in [-0.39, 0.29) is 30.4 Å². The van der Waals surface area contributed by atoms with Crippen LogP contribution in [0.2, 0.25) is 0 Å². The Hall–Kier alpha value is -2.95. The van der Waals surface area contributed by atoms with Gasteiger partial charge in [0, 0.05) is 50.9 Å². The van der Waals surface area contributed by atoms with E-state index in [0.717, 1.165) is 35.4 Å². The number of hydrogen-bond donors (Lipinski definition) is 3. The maximum atomic E-state index is 12.7. The summed E-state index contributed by atoms with van der Waals surface area (Å²) in [5, 5.41) is 9.51. The van der Waals surface area contributed by atoms with Crippen LogP contribution in [-0.2, 0) is 14.3 Å². The largest absolute Gasteiger partial charge is 0.365 e. The quantitative estimate of drug-likeness (QED) is 0.424. The Labute approximate surface area is 226 Å². The van der Waals surface area contributed by atoms with Crippen molar-refractivity contribution in [3.05, 3.63) is 35.4 Å². The fraction of sp³-hybridized carbons (Fsp3) is 0.607. The molecule has 0 aromatic heterocycles. The summed E-state index contributed by atoms with van der Waals surface area (Å²) in [6.07, 6.45) is 4.85. The Morgan fingerprint density at radius 3 is 2.50 bits per heavy atom. The summed E-state index contributed by atoms with van der Waals surface area (Å²) in [4.78, 5) is 33.3. The Bertz CT molecular complexity index is 1030. The third-order valence-electron chi connectivity index (χ3n) is 6.79. The van der Waals surface area contributed by atoms with Crippen molar-refractivity contribution in [3.8, 4) is 0 Å². The lowest BCUT2D eigenvalue weighted by molar-refractivity contribution is -0.123. The second kappa shape index (κ2) is 13.2.